The van der Waals surface area contributed by atoms with E-state index in [9.17, 15) is 4.79 Å². The van der Waals surface area contributed by atoms with Crippen molar-refractivity contribution in [2.75, 3.05) is 21.3 Å². The molecule has 0 fully saturated rings. The molecule has 1 aliphatic rings. The molecule has 4 aromatic rings. The lowest BCUT2D eigenvalue weighted by Gasteiger charge is -2.24. The van der Waals surface area contributed by atoms with Gasteiger partial charge in [-0.2, -0.15) is 4.98 Å². The number of benzene rings is 2. The number of methoxy groups -OCH3 is 3. The molecule has 35 heavy (non-hydrogen) atoms. The van der Waals surface area contributed by atoms with Crippen LogP contribution in [0.15, 0.2) is 47.8 Å². The van der Waals surface area contributed by atoms with Gasteiger partial charge in [0.05, 0.1) is 32.6 Å². The van der Waals surface area contributed by atoms with Crippen LogP contribution in [0.5, 0.6) is 17.2 Å². The molecule has 0 spiro atoms. The Morgan fingerprint density at radius 2 is 1.83 bits per heavy atom. The second kappa shape index (κ2) is 9.75. The van der Waals surface area contributed by atoms with Gasteiger partial charge in [-0.05, 0) is 47.7 Å². The zero-order valence-electron chi connectivity index (χ0n) is 19.4. The molecule has 8 nitrogen and oxygen atoms in total. The molecular formula is C25H23ClN4O4S. The molecule has 2 aromatic heterocycles. The molecule has 2 aromatic carbocycles. The van der Waals surface area contributed by atoms with E-state index in [1.54, 1.807) is 32.0 Å². The number of ether oxygens (including phenoxy) is 3. The van der Waals surface area contributed by atoms with Gasteiger partial charge < -0.3 is 14.2 Å². The lowest BCUT2D eigenvalue weighted by molar-refractivity contribution is 0.0962. The van der Waals surface area contributed by atoms with Crippen LogP contribution in [-0.2, 0) is 12.2 Å². The smallest absolute Gasteiger partial charge is 0.253 e. The summed E-state index contributed by atoms with van der Waals surface area (Å²) in [5.74, 6) is 2.73. The Labute approximate surface area is 211 Å². The predicted octanol–water partition coefficient (Wildman–Crippen LogP) is 5.01. The summed E-state index contributed by atoms with van der Waals surface area (Å²) in [6.07, 6.45) is 2.68. The summed E-state index contributed by atoms with van der Waals surface area (Å²) < 4.78 is 18.0. The number of hydrogen-bond acceptors (Lipinski definition) is 8. The summed E-state index contributed by atoms with van der Waals surface area (Å²) in [5, 5.41) is 5.79. The van der Waals surface area contributed by atoms with Gasteiger partial charge in [0.25, 0.3) is 5.78 Å². The maximum Gasteiger partial charge on any atom is 0.253 e. The lowest BCUT2D eigenvalue weighted by atomic mass is 9.82. The van der Waals surface area contributed by atoms with Gasteiger partial charge in [-0.15, -0.1) is 5.10 Å². The molecule has 1 atom stereocenters. The predicted molar refractivity (Wildman–Crippen MR) is 133 cm³/mol. The van der Waals surface area contributed by atoms with Crippen molar-refractivity contribution in [1.82, 2.24) is 19.6 Å². The maximum atomic E-state index is 13.1. The Bertz CT molecular complexity index is 1400. The Hall–Kier alpha value is -3.30. The number of thioether (sulfide) groups is 1. The zero-order valence-corrected chi connectivity index (χ0v) is 21.0. The van der Waals surface area contributed by atoms with Crippen molar-refractivity contribution in [3.05, 3.63) is 70.0 Å². The quantitative estimate of drug-likeness (QED) is 0.321. The highest BCUT2D eigenvalue weighted by Crippen LogP contribution is 2.42. The average molecular weight is 511 g/mol. The van der Waals surface area contributed by atoms with E-state index in [2.05, 4.69) is 10.1 Å². The summed E-state index contributed by atoms with van der Waals surface area (Å²) in [4.78, 5) is 22.3. The van der Waals surface area contributed by atoms with Crippen LogP contribution in [0.25, 0.3) is 5.78 Å². The Morgan fingerprint density at radius 3 is 2.51 bits per heavy atom. The molecule has 10 heteroatoms. The van der Waals surface area contributed by atoms with Crippen LogP contribution in [-0.4, -0.2) is 46.7 Å². The first kappa shape index (κ1) is 23.4. The SMILES string of the molecule is COc1cc([C@H]2CC(=O)c3cn4nc(SCc5cccc(Cl)c5)nc4nc3C2)cc(OC)c1OC. The van der Waals surface area contributed by atoms with Gasteiger partial charge in [-0.25, -0.2) is 9.50 Å². The standard InChI is InChI=1S/C25H23ClN4O4S/c1-32-21-10-16(11-22(33-2)23(21)34-3)15-8-19-18(20(31)9-15)12-30-24(27-19)28-25(29-30)35-13-14-5-4-6-17(26)7-14/h4-7,10-12,15H,8-9,13H2,1-3H3/t15-/m1/s1. The monoisotopic (exact) mass is 510 g/mol. The fourth-order valence-corrected chi connectivity index (χ4v) is 5.25. The van der Waals surface area contributed by atoms with Crippen LogP contribution in [0.2, 0.25) is 5.02 Å². The second-order valence-corrected chi connectivity index (χ2v) is 9.52. The molecule has 0 saturated heterocycles. The van der Waals surface area contributed by atoms with Crippen molar-refractivity contribution in [2.45, 2.75) is 29.7 Å². The third kappa shape index (κ3) is 4.66. The fraction of sp³-hybridized carbons (Fsp3) is 0.280. The first-order valence-electron chi connectivity index (χ1n) is 11.0. The molecule has 0 unspecified atom stereocenters. The first-order chi connectivity index (χ1) is 17.0. The van der Waals surface area contributed by atoms with Gasteiger partial charge in [0.2, 0.25) is 10.9 Å². The number of aromatic nitrogens is 4. The minimum atomic E-state index is -0.0711. The van der Waals surface area contributed by atoms with Gasteiger partial charge in [-0.3, -0.25) is 4.79 Å². The van der Waals surface area contributed by atoms with E-state index in [1.165, 1.54) is 11.8 Å². The Morgan fingerprint density at radius 1 is 1.06 bits per heavy atom. The van der Waals surface area contributed by atoms with Crippen LogP contribution in [0.3, 0.4) is 0 Å². The summed E-state index contributed by atoms with van der Waals surface area (Å²) in [6.45, 7) is 0. The van der Waals surface area contributed by atoms with E-state index in [1.807, 2.05) is 36.4 Å². The van der Waals surface area contributed by atoms with Gasteiger partial charge in [-0.1, -0.05) is 35.5 Å². The first-order valence-corrected chi connectivity index (χ1v) is 12.3. The van der Waals surface area contributed by atoms with Crippen molar-refractivity contribution in [1.29, 1.82) is 0 Å². The van der Waals surface area contributed by atoms with Crippen LogP contribution in [0.1, 0.15) is 39.5 Å². The number of nitrogens with zero attached hydrogens (tertiary/aromatic N) is 4. The molecular weight excluding hydrogens is 488 g/mol. The number of rotatable bonds is 7. The minimum absolute atomic E-state index is 0.0167. The summed E-state index contributed by atoms with van der Waals surface area (Å²) >= 11 is 7.57. The normalized spacial score (nSPS) is 15.2. The zero-order chi connectivity index (χ0) is 24.5. The van der Waals surface area contributed by atoms with Crippen LogP contribution >= 0.6 is 23.4 Å². The van der Waals surface area contributed by atoms with E-state index >= 15 is 0 Å². The number of fused-ring (bicyclic) bond motifs is 2. The summed E-state index contributed by atoms with van der Waals surface area (Å²) in [7, 11) is 4.72. The van der Waals surface area contributed by atoms with E-state index < -0.39 is 0 Å². The highest BCUT2D eigenvalue weighted by Gasteiger charge is 2.30. The van der Waals surface area contributed by atoms with E-state index in [0.29, 0.717) is 63.1 Å². The molecule has 1 aliphatic carbocycles. The van der Waals surface area contributed by atoms with Crippen LogP contribution in [0, 0.1) is 0 Å². The number of halogens is 1. The van der Waals surface area contributed by atoms with Gasteiger partial charge in [0.15, 0.2) is 17.3 Å². The van der Waals surface area contributed by atoms with Crippen molar-refractivity contribution >= 4 is 34.9 Å². The molecule has 0 N–H and O–H groups in total. The highest BCUT2D eigenvalue weighted by atomic mass is 35.5. The van der Waals surface area contributed by atoms with Gasteiger partial charge in [0.1, 0.15) is 0 Å². The molecule has 2 heterocycles. The van der Waals surface area contributed by atoms with Crippen molar-refractivity contribution < 1.29 is 19.0 Å². The van der Waals surface area contributed by atoms with Crippen molar-refractivity contribution in [3.63, 3.8) is 0 Å². The van der Waals surface area contributed by atoms with Gasteiger partial charge >= 0.3 is 0 Å². The van der Waals surface area contributed by atoms with E-state index in [4.69, 9.17) is 30.8 Å². The van der Waals surface area contributed by atoms with E-state index in [-0.39, 0.29) is 11.7 Å². The highest BCUT2D eigenvalue weighted by molar-refractivity contribution is 7.98. The molecule has 0 aliphatic heterocycles. The van der Waals surface area contributed by atoms with Crippen LogP contribution < -0.4 is 14.2 Å². The number of carbonyl (C=O) groups excluding carboxylic acids is 1. The molecule has 180 valence electrons. The van der Waals surface area contributed by atoms with Crippen molar-refractivity contribution in [2.24, 2.45) is 0 Å². The number of Topliss-reactive ketones (excluding diaryl/α,β-unsaturated/α-hetero) is 1. The fourth-order valence-electron chi connectivity index (χ4n) is 4.27. The van der Waals surface area contributed by atoms with Crippen molar-refractivity contribution in [3.8, 4) is 17.2 Å². The Kier molecular flexibility index (Phi) is 6.53. The average Bonchev–Trinajstić information content (AvgIpc) is 3.27. The third-order valence-electron chi connectivity index (χ3n) is 5.98. The summed E-state index contributed by atoms with van der Waals surface area (Å²) in [6, 6.07) is 11.5. The molecule has 0 bridgehead atoms. The van der Waals surface area contributed by atoms with Crippen LogP contribution in [0.4, 0.5) is 0 Å². The molecule has 0 amide bonds. The number of hydrogen-bond donors (Lipinski definition) is 0. The molecule has 0 radical (unpaired) electrons. The third-order valence-corrected chi connectivity index (χ3v) is 7.12. The largest absolute Gasteiger partial charge is 0.493 e. The Balaban J connectivity index is 1.42. The lowest BCUT2D eigenvalue weighted by Crippen LogP contribution is -2.21. The van der Waals surface area contributed by atoms with E-state index in [0.717, 1.165) is 11.1 Å². The minimum Gasteiger partial charge on any atom is -0.493 e. The topological polar surface area (TPSA) is 87.8 Å². The number of carbonyl (C=O) groups is 1. The number of ketones is 1. The second-order valence-electron chi connectivity index (χ2n) is 8.15. The molecule has 5 rings (SSSR count). The maximum absolute atomic E-state index is 13.1. The van der Waals surface area contributed by atoms with Gasteiger partial charge in [0, 0.05) is 23.4 Å². The summed E-state index contributed by atoms with van der Waals surface area (Å²) in [5.41, 5.74) is 3.31. The molecule has 0 saturated carbocycles.